The number of piperidine rings is 1. The van der Waals surface area contributed by atoms with E-state index in [1.54, 1.807) is 0 Å². The molecule has 1 N–H and O–H groups in total. The van der Waals surface area contributed by atoms with E-state index in [0.29, 0.717) is 18.2 Å². The Kier molecular flexibility index (Phi) is 4.97. The molecule has 1 fully saturated rings. The lowest BCUT2D eigenvalue weighted by Crippen LogP contribution is -2.45. The Hall–Kier alpha value is -1.16. The van der Waals surface area contributed by atoms with Crippen LogP contribution in [0.4, 0.5) is 0 Å². The zero-order valence-corrected chi connectivity index (χ0v) is 13.0. The molecule has 1 saturated heterocycles. The number of hydrogen-bond donors (Lipinski definition) is 1. The Labute approximate surface area is 121 Å². The molecule has 1 aliphatic rings. The monoisotopic (exact) mass is 277 g/mol. The first-order valence-electron chi connectivity index (χ1n) is 7.89. The number of hydrogen-bond acceptors (Lipinski definition) is 3. The van der Waals surface area contributed by atoms with E-state index in [1.807, 2.05) is 16.9 Å². The van der Waals surface area contributed by atoms with Crippen molar-refractivity contribution in [3.8, 4) is 0 Å². The van der Waals surface area contributed by atoms with Gasteiger partial charge in [-0.1, -0.05) is 13.8 Å². The van der Waals surface area contributed by atoms with Crippen LogP contribution < -0.4 is 5.32 Å². The normalized spacial score (nSPS) is 24.6. The SMILES string of the molecule is CCC(C)n1ccc(CC(=O)C2(CC)CCCNC2)n1. The highest BCUT2D eigenvalue weighted by atomic mass is 16.1. The van der Waals surface area contributed by atoms with E-state index in [4.69, 9.17) is 0 Å². The highest BCUT2D eigenvalue weighted by Crippen LogP contribution is 2.32. The van der Waals surface area contributed by atoms with Gasteiger partial charge in [0.25, 0.3) is 0 Å². The van der Waals surface area contributed by atoms with Crippen LogP contribution in [0.2, 0.25) is 0 Å². The molecule has 20 heavy (non-hydrogen) atoms. The highest BCUT2D eigenvalue weighted by molar-refractivity contribution is 5.86. The highest BCUT2D eigenvalue weighted by Gasteiger charge is 2.37. The number of Topliss-reactive ketones (excluding diaryl/α,β-unsaturated/α-hetero) is 1. The number of ketones is 1. The lowest BCUT2D eigenvalue weighted by molar-refractivity contribution is -0.129. The number of rotatable bonds is 6. The van der Waals surface area contributed by atoms with E-state index in [-0.39, 0.29) is 5.41 Å². The first-order chi connectivity index (χ1) is 9.61. The summed E-state index contributed by atoms with van der Waals surface area (Å²) >= 11 is 0. The molecule has 4 nitrogen and oxygen atoms in total. The number of carbonyl (C=O) groups excluding carboxylic acids is 1. The number of nitrogens with zero attached hydrogens (tertiary/aromatic N) is 2. The van der Waals surface area contributed by atoms with Crippen LogP contribution in [0.5, 0.6) is 0 Å². The maximum atomic E-state index is 12.7. The Morgan fingerprint density at radius 1 is 1.55 bits per heavy atom. The molecule has 0 radical (unpaired) electrons. The zero-order valence-electron chi connectivity index (χ0n) is 13.0. The molecule has 2 atom stereocenters. The minimum absolute atomic E-state index is 0.168. The first-order valence-corrected chi connectivity index (χ1v) is 7.89. The van der Waals surface area contributed by atoms with Crippen LogP contribution in [-0.2, 0) is 11.2 Å². The van der Waals surface area contributed by atoms with Crippen LogP contribution in [-0.4, -0.2) is 28.7 Å². The molecule has 4 heteroatoms. The van der Waals surface area contributed by atoms with Crippen LogP contribution in [0.3, 0.4) is 0 Å². The van der Waals surface area contributed by atoms with Crippen molar-refractivity contribution in [2.75, 3.05) is 13.1 Å². The number of nitrogens with one attached hydrogen (secondary N) is 1. The molecule has 112 valence electrons. The van der Waals surface area contributed by atoms with E-state index in [0.717, 1.165) is 44.5 Å². The standard InChI is InChI=1S/C16H27N3O/c1-4-13(3)19-10-7-14(18-19)11-15(20)16(5-2)8-6-9-17-12-16/h7,10,13,17H,4-6,8-9,11-12H2,1-3H3. The van der Waals surface area contributed by atoms with Gasteiger partial charge in [0.05, 0.1) is 12.1 Å². The predicted molar refractivity (Wildman–Crippen MR) is 80.8 cm³/mol. The lowest BCUT2D eigenvalue weighted by atomic mass is 9.73. The van der Waals surface area contributed by atoms with Gasteiger partial charge in [0.15, 0.2) is 0 Å². The smallest absolute Gasteiger partial charge is 0.146 e. The summed E-state index contributed by atoms with van der Waals surface area (Å²) in [4.78, 5) is 12.7. The Balaban J connectivity index is 2.04. The van der Waals surface area contributed by atoms with Gasteiger partial charge in [-0.05, 0) is 45.2 Å². The summed E-state index contributed by atoms with van der Waals surface area (Å²) in [5.74, 6) is 0.349. The average molecular weight is 277 g/mol. The Morgan fingerprint density at radius 2 is 2.35 bits per heavy atom. The molecule has 1 aliphatic heterocycles. The van der Waals surface area contributed by atoms with E-state index < -0.39 is 0 Å². The summed E-state index contributed by atoms with van der Waals surface area (Å²) in [5, 5.41) is 7.94. The third kappa shape index (κ3) is 3.11. The number of carbonyl (C=O) groups is 1. The molecule has 2 rings (SSSR count). The summed E-state index contributed by atoms with van der Waals surface area (Å²) in [6, 6.07) is 2.39. The Bertz CT molecular complexity index is 446. The molecule has 0 aromatic carbocycles. The Morgan fingerprint density at radius 3 is 2.95 bits per heavy atom. The van der Waals surface area contributed by atoms with Gasteiger partial charge in [-0.25, -0.2) is 0 Å². The largest absolute Gasteiger partial charge is 0.316 e. The van der Waals surface area contributed by atoms with Crippen LogP contribution in [0.25, 0.3) is 0 Å². The quantitative estimate of drug-likeness (QED) is 0.869. The van der Waals surface area contributed by atoms with Crippen molar-refractivity contribution < 1.29 is 4.79 Å². The zero-order chi connectivity index (χ0) is 14.6. The van der Waals surface area contributed by atoms with Gasteiger partial charge in [0.1, 0.15) is 5.78 Å². The number of aromatic nitrogens is 2. The minimum atomic E-state index is -0.168. The van der Waals surface area contributed by atoms with Gasteiger partial charge in [0.2, 0.25) is 0 Å². The third-order valence-electron chi connectivity index (χ3n) is 4.79. The van der Waals surface area contributed by atoms with E-state index in [9.17, 15) is 4.79 Å². The molecular weight excluding hydrogens is 250 g/mol. The summed E-state index contributed by atoms with van der Waals surface area (Å²) < 4.78 is 1.97. The molecule has 0 saturated carbocycles. The minimum Gasteiger partial charge on any atom is -0.316 e. The van der Waals surface area contributed by atoms with Gasteiger partial charge in [-0.3, -0.25) is 9.48 Å². The fourth-order valence-electron chi connectivity index (χ4n) is 2.96. The molecule has 1 aromatic rings. The second-order valence-corrected chi connectivity index (χ2v) is 6.06. The van der Waals surface area contributed by atoms with Crippen molar-refractivity contribution in [1.29, 1.82) is 0 Å². The first kappa shape index (κ1) is 15.2. The van der Waals surface area contributed by atoms with Crippen LogP contribution in [0, 0.1) is 5.41 Å². The fraction of sp³-hybridized carbons (Fsp3) is 0.750. The lowest BCUT2D eigenvalue weighted by Gasteiger charge is -2.35. The van der Waals surface area contributed by atoms with Crippen molar-refractivity contribution in [2.24, 2.45) is 5.41 Å². The molecule has 2 unspecified atom stereocenters. The maximum absolute atomic E-state index is 12.7. The van der Waals surface area contributed by atoms with Crippen LogP contribution >= 0.6 is 0 Å². The van der Waals surface area contributed by atoms with Gasteiger partial charge in [-0.2, -0.15) is 5.10 Å². The van der Waals surface area contributed by atoms with E-state index in [2.05, 4.69) is 31.2 Å². The van der Waals surface area contributed by atoms with Crippen molar-refractivity contribution in [3.05, 3.63) is 18.0 Å². The van der Waals surface area contributed by atoms with Gasteiger partial charge in [0, 0.05) is 24.2 Å². The van der Waals surface area contributed by atoms with E-state index >= 15 is 0 Å². The second kappa shape index (κ2) is 6.53. The fourth-order valence-corrected chi connectivity index (χ4v) is 2.96. The topological polar surface area (TPSA) is 46.9 Å². The summed E-state index contributed by atoms with van der Waals surface area (Å²) in [6.45, 7) is 8.29. The van der Waals surface area contributed by atoms with Crippen molar-refractivity contribution >= 4 is 5.78 Å². The molecular formula is C16H27N3O. The third-order valence-corrected chi connectivity index (χ3v) is 4.79. The van der Waals surface area contributed by atoms with Crippen LogP contribution in [0.15, 0.2) is 12.3 Å². The van der Waals surface area contributed by atoms with Crippen LogP contribution in [0.1, 0.15) is 58.2 Å². The van der Waals surface area contributed by atoms with Gasteiger partial charge in [-0.15, -0.1) is 0 Å². The average Bonchev–Trinajstić information content (AvgIpc) is 2.95. The van der Waals surface area contributed by atoms with Gasteiger partial charge < -0.3 is 5.32 Å². The molecule has 0 amide bonds. The molecule has 0 spiro atoms. The molecule has 1 aromatic heterocycles. The molecule has 0 bridgehead atoms. The van der Waals surface area contributed by atoms with E-state index in [1.165, 1.54) is 0 Å². The predicted octanol–water partition coefficient (Wildman–Crippen LogP) is 2.75. The van der Waals surface area contributed by atoms with Crippen molar-refractivity contribution in [2.45, 2.75) is 58.9 Å². The van der Waals surface area contributed by atoms with Crippen molar-refractivity contribution in [3.63, 3.8) is 0 Å². The molecule has 0 aliphatic carbocycles. The maximum Gasteiger partial charge on any atom is 0.146 e. The summed E-state index contributed by atoms with van der Waals surface area (Å²) in [5.41, 5.74) is 0.743. The second-order valence-electron chi connectivity index (χ2n) is 6.06. The summed E-state index contributed by atoms with van der Waals surface area (Å²) in [6.07, 6.45) is 6.55. The summed E-state index contributed by atoms with van der Waals surface area (Å²) in [7, 11) is 0. The van der Waals surface area contributed by atoms with Crippen molar-refractivity contribution in [1.82, 2.24) is 15.1 Å². The van der Waals surface area contributed by atoms with Gasteiger partial charge >= 0.3 is 0 Å². The molecule has 2 heterocycles.